The van der Waals surface area contributed by atoms with Crippen LogP contribution in [0, 0.1) is 11.8 Å². The Kier molecular flexibility index (Phi) is 16.7. The highest BCUT2D eigenvalue weighted by molar-refractivity contribution is 5.81. The number of ether oxygens (including phenoxy) is 2. The van der Waals surface area contributed by atoms with E-state index in [-0.39, 0.29) is 24.0 Å². The summed E-state index contributed by atoms with van der Waals surface area (Å²) in [5, 5.41) is 8.81. The lowest BCUT2D eigenvalue weighted by atomic mass is 9.91. The summed E-state index contributed by atoms with van der Waals surface area (Å²) < 4.78 is 26.0. The molecular weight excluding hydrogens is 485 g/mol. The van der Waals surface area contributed by atoms with Gasteiger partial charge in [0.15, 0.2) is 0 Å². The number of carboxylic acid groups (broad SMARTS) is 1. The minimum Gasteiger partial charge on any atom is -0.481 e. The van der Waals surface area contributed by atoms with Crippen molar-refractivity contribution in [2.45, 2.75) is 91.8 Å². The molecule has 0 atom stereocenters. The van der Waals surface area contributed by atoms with Gasteiger partial charge in [-0.2, -0.15) is 0 Å². The summed E-state index contributed by atoms with van der Waals surface area (Å²) in [6.45, 7) is 15.1. The standard InChI is InChI=1S/C13H23NO3.C11H19NO4.CH3F.CH5N/c1-5-11(15)10-6-8-14(9-7-10)12(16)17-13(2,3)4;1-11(2,3)16-10(15)12-6-4-8(5-7-12)9(13)14;2*1-2/h10H,5-9H2,1-4H3;8H,4-7H2,1-3H3,(H,13,14);1H3;2H2,1H3/i;;1D;. The van der Waals surface area contributed by atoms with E-state index >= 15 is 0 Å². The van der Waals surface area contributed by atoms with Crippen molar-refractivity contribution in [3.05, 3.63) is 0 Å². The van der Waals surface area contributed by atoms with Crippen LogP contribution in [0.4, 0.5) is 14.0 Å². The normalized spacial score (nSPS) is 16.9. The van der Waals surface area contributed by atoms with Crippen LogP contribution in [0.5, 0.6) is 0 Å². The van der Waals surface area contributed by atoms with Crippen LogP contribution >= 0.6 is 0 Å². The van der Waals surface area contributed by atoms with Crippen LogP contribution in [0.2, 0.25) is 0 Å². The fourth-order valence-electron chi connectivity index (χ4n) is 3.63. The molecule has 37 heavy (non-hydrogen) atoms. The summed E-state index contributed by atoms with van der Waals surface area (Å²) in [6.07, 6.45) is 2.54. The number of aliphatic carboxylic acids is 1. The largest absolute Gasteiger partial charge is 0.481 e. The number of nitrogens with zero attached hydrogens (tertiary/aromatic N) is 2. The fourth-order valence-corrected chi connectivity index (χ4v) is 3.63. The van der Waals surface area contributed by atoms with Gasteiger partial charge in [-0.25, -0.2) is 9.59 Å². The van der Waals surface area contributed by atoms with Gasteiger partial charge in [-0.3, -0.25) is 14.0 Å². The topological polar surface area (TPSA) is 139 Å². The minimum absolute atomic E-state index is 0.138. The molecule has 0 aromatic heterocycles. The lowest BCUT2D eigenvalue weighted by molar-refractivity contribution is -0.143. The molecule has 0 unspecified atom stereocenters. The van der Waals surface area contributed by atoms with Crippen molar-refractivity contribution >= 4 is 23.9 Å². The van der Waals surface area contributed by atoms with E-state index in [1.807, 2.05) is 48.5 Å². The predicted molar refractivity (Wildman–Crippen MR) is 141 cm³/mol. The third-order valence-corrected chi connectivity index (χ3v) is 5.45. The molecule has 0 saturated carbocycles. The molecule has 0 aliphatic carbocycles. The first-order valence-electron chi connectivity index (χ1n) is 13.4. The van der Waals surface area contributed by atoms with E-state index < -0.39 is 24.3 Å². The molecule has 2 amide bonds. The molecule has 11 heteroatoms. The molecule has 2 fully saturated rings. The van der Waals surface area contributed by atoms with Gasteiger partial charge in [0.25, 0.3) is 0 Å². The number of Topliss-reactive ketones (excluding diaryl/α,β-unsaturated/α-hetero) is 1. The molecule has 10 nitrogen and oxygen atoms in total. The number of carbonyl (C=O) groups is 4. The van der Waals surface area contributed by atoms with Gasteiger partial charge in [0.2, 0.25) is 0 Å². The molecule has 2 aliphatic rings. The lowest BCUT2D eigenvalue weighted by Gasteiger charge is -2.32. The molecule has 218 valence electrons. The first-order valence-corrected chi connectivity index (χ1v) is 12.7. The van der Waals surface area contributed by atoms with Gasteiger partial charge in [-0.05, 0) is 74.3 Å². The molecule has 2 rings (SSSR count). The van der Waals surface area contributed by atoms with Gasteiger partial charge in [-0.15, -0.1) is 0 Å². The average molecular weight is 537 g/mol. The number of halogens is 1. The second-order valence-corrected chi connectivity index (χ2v) is 10.6. The second kappa shape index (κ2) is 17.9. The zero-order valence-corrected chi connectivity index (χ0v) is 24.0. The number of carbonyl (C=O) groups excluding carboxylic acids is 3. The number of hydrogen-bond acceptors (Lipinski definition) is 7. The van der Waals surface area contributed by atoms with E-state index in [1.165, 1.54) is 7.05 Å². The first kappa shape index (κ1) is 34.6. The van der Waals surface area contributed by atoms with E-state index in [9.17, 15) is 23.6 Å². The molecule has 2 saturated heterocycles. The van der Waals surface area contributed by atoms with Gasteiger partial charge < -0.3 is 30.1 Å². The van der Waals surface area contributed by atoms with Crippen LogP contribution in [0.25, 0.3) is 0 Å². The van der Waals surface area contributed by atoms with E-state index in [0.717, 1.165) is 12.8 Å². The number of nitrogens with two attached hydrogens (primary N) is 1. The van der Waals surface area contributed by atoms with Crippen molar-refractivity contribution in [1.29, 1.82) is 0 Å². The van der Waals surface area contributed by atoms with Crippen molar-refractivity contribution in [2.24, 2.45) is 17.6 Å². The molecule has 0 aromatic rings. The van der Waals surface area contributed by atoms with Crippen molar-refractivity contribution in [3.63, 3.8) is 0 Å². The number of carboxylic acids is 1. The molecule has 3 N–H and O–H groups in total. The van der Waals surface area contributed by atoms with Crippen LogP contribution in [-0.4, -0.2) is 90.4 Å². The highest BCUT2D eigenvalue weighted by Gasteiger charge is 2.30. The van der Waals surface area contributed by atoms with Gasteiger partial charge >= 0.3 is 18.2 Å². The smallest absolute Gasteiger partial charge is 0.410 e. The maximum atomic E-state index is 11.8. The Hall–Kier alpha value is -2.43. The summed E-state index contributed by atoms with van der Waals surface area (Å²) in [6, 6.07) is 0. The SMILES string of the molecule is CC(C)(C)OC(=O)N1CCC(C(=O)O)CC1.CCC(=O)C1CCN(C(=O)OC(C)(C)C)CC1.CN.[2H]CF. The van der Waals surface area contributed by atoms with Crippen molar-refractivity contribution in [2.75, 3.05) is 40.4 Å². The third-order valence-electron chi connectivity index (χ3n) is 5.45. The van der Waals surface area contributed by atoms with Gasteiger partial charge in [0.1, 0.15) is 17.0 Å². The highest BCUT2D eigenvalue weighted by atomic mass is 19.1. The van der Waals surface area contributed by atoms with Crippen LogP contribution in [0.3, 0.4) is 0 Å². The van der Waals surface area contributed by atoms with E-state index in [4.69, 9.17) is 16.0 Å². The van der Waals surface area contributed by atoms with Gasteiger partial charge in [0.05, 0.1) is 14.4 Å². The Morgan fingerprint density at radius 3 is 1.38 bits per heavy atom. The van der Waals surface area contributed by atoms with E-state index in [1.54, 1.807) is 9.80 Å². The Morgan fingerprint density at radius 2 is 1.14 bits per heavy atom. The summed E-state index contributed by atoms with van der Waals surface area (Å²) in [5.74, 6) is -0.643. The number of hydrogen-bond donors (Lipinski definition) is 2. The average Bonchev–Trinajstić information content (AvgIpc) is 2.84. The maximum Gasteiger partial charge on any atom is 0.410 e. The summed E-state index contributed by atoms with van der Waals surface area (Å²) in [4.78, 5) is 49.0. The summed E-state index contributed by atoms with van der Waals surface area (Å²) in [7, 11) is 0.500. The number of piperidine rings is 2. The number of alkyl halides is 1. The Morgan fingerprint density at radius 1 is 0.838 bits per heavy atom. The highest BCUT2D eigenvalue weighted by Crippen LogP contribution is 2.21. The Bertz CT molecular complexity index is 711. The van der Waals surface area contributed by atoms with Crippen molar-refractivity contribution < 1.29 is 39.5 Å². The van der Waals surface area contributed by atoms with E-state index in [0.29, 0.717) is 51.2 Å². The third kappa shape index (κ3) is 16.1. The molecule has 0 radical (unpaired) electrons. The second-order valence-electron chi connectivity index (χ2n) is 10.6. The molecule has 2 heterocycles. The minimum atomic E-state index is -1.00. The maximum absolute atomic E-state index is 11.8. The van der Waals surface area contributed by atoms with Crippen LogP contribution in [0.1, 0.15) is 81.9 Å². The predicted octanol–water partition coefficient (Wildman–Crippen LogP) is 4.49. The van der Waals surface area contributed by atoms with E-state index in [2.05, 4.69) is 5.73 Å². The van der Waals surface area contributed by atoms with Crippen LogP contribution in [-0.2, 0) is 19.1 Å². The number of ketones is 1. The van der Waals surface area contributed by atoms with Gasteiger partial charge in [0, 0.05) is 38.5 Å². The van der Waals surface area contributed by atoms with Gasteiger partial charge in [-0.1, -0.05) is 6.92 Å². The molecule has 0 aromatic carbocycles. The van der Waals surface area contributed by atoms with Crippen molar-refractivity contribution in [3.8, 4) is 0 Å². The zero-order chi connectivity index (χ0) is 30.1. The molecule has 0 bridgehead atoms. The summed E-state index contributed by atoms with van der Waals surface area (Å²) >= 11 is 0. The fraction of sp³-hybridized carbons (Fsp3) is 0.846. The molecule has 0 spiro atoms. The van der Waals surface area contributed by atoms with Crippen LogP contribution in [0.15, 0.2) is 0 Å². The quantitative estimate of drug-likeness (QED) is 0.538. The molecular formula is C26H50FN3O7. The first-order chi connectivity index (χ1) is 17.5. The Labute approximate surface area is 223 Å². The number of amides is 2. The summed E-state index contributed by atoms with van der Waals surface area (Å²) in [5.41, 5.74) is 3.55. The number of likely N-dealkylation sites (tertiary alicyclic amines) is 2. The van der Waals surface area contributed by atoms with Crippen LogP contribution < -0.4 is 5.73 Å². The number of rotatable bonds is 3. The Balaban J connectivity index is 0. The van der Waals surface area contributed by atoms with Crippen molar-refractivity contribution in [1.82, 2.24) is 9.80 Å². The zero-order valence-electron chi connectivity index (χ0n) is 25.0. The monoisotopic (exact) mass is 536 g/mol. The lowest BCUT2D eigenvalue weighted by Crippen LogP contribution is -2.42. The molecule has 2 aliphatic heterocycles.